The highest BCUT2D eigenvalue weighted by atomic mass is 35.5. The van der Waals surface area contributed by atoms with Crippen molar-refractivity contribution in [1.29, 1.82) is 5.26 Å². The molecule has 0 radical (unpaired) electrons. The van der Waals surface area contributed by atoms with Gasteiger partial charge in [-0.15, -0.1) is 0 Å². The maximum atomic E-state index is 13.3. The summed E-state index contributed by atoms with van der Waals surface area (Å²) in [4.78, 5) is -1.29. The summed E-state index contributed by atoms with van der Waals surface area (Å²) < 4.78 is 106. The number of hydrogen-bond donors (Lipinski definition) is 2. The molecule has 0 aliphatic heterocycles. The quantitative estimate of drug-likeness (QED) is 0.298. The Balaban J connectivity index is 2.78. The Kier molecular flexibility index (Phi) is 8.32. The zero-order valence-electron chi connectivity index (χ0n) is 19.4. The number of rotatable bonds is 6. The standard InChI is InChI=1S/C23H22ClF6N3O2S/c1-13(21(2,3)4)32-20(19(12-31)36(34,35)18-7-5-16(24)6-8-18)33-17-10-14(22(25,26)27)9-15(11-17)23(28,29)30/h5-11,13,32-33H,1-4H3/t13-/m1/s1. The Morgan fingerprint density at radius 1 is 0.944 bits per heavy atom. The molecule has 196 valence electrons. The van der Waals surface area contributed by atoms with Crippen molar-refractivity contribution in [2.45, 2.75) is 51.0 Å². The largest absolute Gasteiger partial charge is 0.416 e. The molecule has 1 atom stereocenters. The molecule has 13 heteroatoms. The summed E-state index contributed by atoms with van der Waals surface area (Å²) in [5, 5.41) is 15.0. The third-order valence-electron chi connectivity index (χ3n) is 5.24. The lowest BCUT2D eigenvalue weighted by atomic mass is 9.88. The highest BCUT2D eigenvalue weighted by Crippen LogP contribution is 2.38. The fourth-order valence-corrected chi connectivity index (χ4v) is 4.10. The molecular weight excluding hydrogens is 532 g/mol. The molecule has 0 fully saturated rings. The van der Waals surface area contributed by atoms with Gasteiger partial charge < -0.3 is 10.6 Å². The van der Waals surface area contributed by atoms with Crippen LogP contribution in [0.2, 0.25) is 5.02 Å². The molecule has 2 aromatic rings. The highest BCUT2D eigenvalue weighted by molar-refractivity contribution is 7.95. The van der Waals surface area contributed by atoms with Crippen LogP contribution in [-0.2, 0) is 22.2 Å². The van der Waals surface area contributed by atoms with Crippen molar-refractivity contribution in [3.05, 3.63) is 69.3 Å². The minimum atomic E-state index is -5.12. The Morgan fingerprint density at radius 2 is 1.42 bits per heavy atom. The van der Waals surface area contributed by atoms with Crippen LogP contribution in [0.5, 0.6) is 0 Å². The number of hydrogen-bond acceptors (Lipinski definition) is 5. The number of benzene rings is 2. The van der Waals surface area contributed by atoms with Crippen LogP contribution in [0.4, 0.5) is 32.0 Å². The number of nitriles is 1. The van der Waals surface area contributed by atoms with Crippen molar-refractivity contribution < 1.29 is 34.8 Å². The molecule has 2 N–H and O–H groups in total. The molecule has 0 amide bonds. The zero-order valence-corrected chi connectivity index (χ0v) is 21.0. The third kappa shape index (κ3) is 7.07. The summed E-state index contributed by atoms with van der Waals surface area (Å²) in [6, 6.07) is 6.39. The maximum Gasteiger partial charge on any atom is 0.416 e. The molecule has 36 heavy (non-hydrogen) atoms. The van der Waals surface area contributed by atoms with Gasteiger partial charge in [0.2, 0.25) is 9.84 Å². The van der Waals surface area contributed by atoms with Gasteiger partial charge in [0.1, 0.15) is 11.9 Å². The number of nitrogens with one attached hydrogen (secondary N) is 2. The first-order chi connectivity index (χ1) is 16.3. The number of alkyl halides is 6. The summed E-state index contributed by atoms with van der Waals surface area (Å²) in [5.74, 6) is -0.581. The number of halogens is 7. The third-order valence-corrected chi connectivity index (χ3v) is 7.22. The fourth-order valence-electron chi connectivity index (χ4n) is 2.74. The molecule has 0 heterocycles. The minimum absolute atomic E-state index is 0.0601. The van der Waals surface area contributed by atoms with Gasteiger partial charge in [0.05, 0.1) is 16.0 Å². The van der Waals surface area contributed by atoms with Crippen molar-refractivity contribution in [3.8, 4) is 6.07 Å². The second-order valence-electron chi connectivity index (χ2n) is 8.92. The topological polar surface area (TPSA) is 82.0 Å². The van der Waals surface area contributed by atoms with E-state index in [-0.39, 0.29) is 16.0 Å². The molecule has 0 spiro atoms. The second-order valence-corrected chi connectivity index (χ2v) is 11.2. The van der Waals surface area contributed by atoms with E-state index in [1.807, 2.05) is 0 Å². The van der Waals surface area contributed by atoms with E-state index < -0.39 is 61.2 Å². The lowest BCUT2D eigenvalue weighted by Gasteiger charge is -2.31. The van der Waals surface area contributed by atoms with E-state index in [9.17, 15) is 40.0 Å². The first-order valence-corrected chi connectivity index (χ1v) is 12.1. The molecule has 0 unspecified atom stereocenters. The number of allylic oxidation sites excluding steroid dienone is 1. The van der Waals surface area contributed by atoms with Crippen LogP contribution in [0, 0.1) is 16.7 Å². The monoisotopic (exact) mass is 553 g/mol. The van der Waals surface area contributed by atoms with E-state index in [1.165, 1.54) is 18.2 Å². The molecule has 5 nitrogen and oxygen atoms in total. The Labute approximate surface area is 209 Å². The normalized spacial score (nSPS) is 14.5. The van der Waals surface area contributed by atoms with Crippen LogP contribution in [0.15, 0.2) is 58.1 Å². The molecule has 0 aliphatic carbocycles. The van der Waals surface area contributed by atoms with Crippen LogP contribution in [-0.4, -0.2) is 14.5 Å². The maximum absolute atomic E-state index is 13.3. The van der Waals surface area contributed by atoms with Crippen molar-refractivity contribution in [2.75, 3.05) is 5.32 Å². The molecule has 2 aromatic carbocycles. The van der Waals surface area contributed by atoms with E-state index >= 15 is 0 Å². The average Bonchev–Trinajstić information content (AvgIpc) is 2.72. The van der Waals surface area contributed by atoms with Crippen LogP contribution < -0.4 is 10.6 Å². The molecular formula is C23H22ClF6N3O2S. The lowest BCUT2D eigenvalue weighted by molar-refractivity contribution is -0.143. The van der Waals surface area contributed by atoms with Gasteiger partial charge in [-0.25, -0.2) is 8.42 Å². The molecule has 0 saturated heterocycles. The zero-order chi connectivity index (χ0) is 27.7. The predicted octanol–water partition coefficient (Wildman–Crippen LogP) is 6.98. The van der Waals surface area contributed by atoms with Crippen molar-refractivity contribution in [2.24, 2.45) is 5.41 Å². The summed E-state index contributed by atoms with van der Waals surface area (Å²) in [5.41, 5.74) is -4.49. The fraction of sp³-hybridized carbons (Fsp3) is 0.348. The van der Waals surface area contributed by atoms with Gasteiger partial charge in [0, 0.05) is 16.8 Å². The number of nitrogens with zero attached hydrogens (tertiary/aromatic N) is 1. The van der Waals surface area contributed by atoms with Crippen LogP contribution in [0.1, 0.15) is 38.8 Å². The predicted molar refractivity (Wildman–Crippen MR) is 123 cm³/mol. The average molecular weight is 554 g/mol. The smallest absolute Gasteiger partial charge is 0.367 e. The van der Waals surface area contributed by atoms with Gasteiger partial charge in [-0.05, 0) is 54.8 Å². The van der Waals surface area contributed by atoms with Gasteiger partial charge >= 0.3 is 12.4 Å². The van der Waals surface area contributed by atoms with Gasteiger partial charge in [-0.1, -0.05) is 32.4 Å². The van der Waals surface area contributed by atoms with E-state index in [2.05, 4.69) is 10.6 Å². The van der Waals surface area contributed by atoms with Crippen LogP contribution >= 0.6 is 11.6 Å². The summed E-state index contributed by atoms with van der Waals surface area (Å²) in [7, 11) is -4.56. The van der Waals surface area contributed by atoms with Crippen molar-refractivity contribution in [1.82, 2.24) is 5.32 Å². The van der Waals surface area contributed by atoms with Gasteiger partial charge in [-0.2, -0.15) is 31.6 Å². The molecule has 2 rings (SSSR count). The van der Waals surface area contributed by atoms with E-state index in [0.717, 1.165) is 12.1 Å². The molecule has 0 bridgehead atoms. The summed E-state index contributed by atoms with van der Waals surface area (Å²) in [6.45, 7) is 6.88. The van der Waals surface area contributed by atoms with E-state index in [0.29, 0.717) is 12.1 Å². The van der Waals surface area contributed by atoms with Crippen molar-refractivity contribution >= 4 is 27.1 Å². The first kappa shape index (κ1) is 29.3. The van der Waals surface area contributed by atoms with Gasteiger partial charge in [0.25, 0.3) is 0 Å². The Morgan fingerprint density at radius 3 is 1.81 bits per heavy atom. The lowest BCUT2D eigenvalue weighted by Crippen LogP contribution is -2.40. The molecule has 0 aliphatic rings. The van der Waals surface area contributed by atoms with Crippen LogP contribution in [0.25, 0.3) is 0 Å². The first-order valence-electron chi connectivity index (χ1n) is 10.2. The van der Waals surface area contributed by atoms with Crippen molar-refractivity contribution in [3.63, 3.8) is 0 Å². The number of anilines is 1. The Bertz CT molecular complexity index is 1260. The minimum Gasteiger partial charge on any atom is -0.367 e. The second kappa shape index (κ2) is 10.2. The van der Waals surface area contributed by atoms with Crippen LogP contribution in [0.3, 0.4) is 0 Å². The molecule has 0 aromatic heterocycles. The molecule has 0 saturated carbocycles. The number of sulfone groups is 1. The van der Waals surface area contributed by atoms with E-state index in [1.54, 1.807) is 27.7 Å². The SMILES string of the molecule is C[C@@H](NC(Nc1cc(C(F)(F)F)cc(C(F)(F)F)c1)=C(C#N)S(=O)(=O)c1ccc(Cl)cc1)C(C)(C)C. The summed E-state index contributed by atoms with van der Waals surface area (Å²) >= 11 is 5.79. The Hall–Kier alpha value is -2.91. The van der Waals surface area contributed by atoms with Gasteiger partial charge in [0.15, 0.2) is 4.91 Å². The highest BCUT2D eigenvalue weighted by Gasteiger charge is 2.37. The van der Waals surface area contributed by atoms with E-state index in [4.69, 9.17) is 11.6 Å². The van der Waals surface area contributed by atoms with Gasteiger partial charge in [-0.3, -0.25) is 0 Å². The summed E-state index contributed by atoms with van der Waals surface area (Å²) in [6.07, 6.45) is -10.2.